The van der Waals surface area contributed by atoms with Crippen molar-refractivity contribution in [2.24, 2.45) is 0 Å². The SMILES string of the molecule is CC(C)N(C)S(=O)(=O)c1ccc(Cl)c(C(=O)Nc2ccc(C#N)c(Cl)c2)c1. The zero-order valence-corrected chi connectivity index (χ0v) is 17.2. The maximum atomic E-state index is 12.6. The molecule has 2 aromatic carbocycles. The smallest absolute Gasteiger partial charge is 0.257 e. The fraction of sp³-hybridized carbons (Fsp3) is 0.222. The van der Waals surface area contributed by atoms with Gasteiger partial charge in [0.15, 0.2) is 0 Å². The third kappa shape index (κ3) is 4.60. The van der Waals surface area contributed by atoms with Crippen molar-refractivity contribution in [2.75, 3.05) is 12.4 Å². The van der Waals surface area contributed by atoms with Gasteiger partial charge in [0.05, 0.1) is 26.1 Å². The van der Waals surface area contributed by atoms with Crippen molar-refractivity contribution in [1.82, 2.24) is 4.31 Å². The Bertz CT molecular complexity index is 1030. The molecular formula is C18H17Cl2N3O3S. The van der Waals surface area contributed by atoms with Gasteiger partial charge in [0.2, 0.25) is 10.0 Å². The van der Waals surface area contributed by atoms with Crippen molar-refractivity contribution in [3.8, 4) is 6.07 Å². The maximum Gasteiger partial charge on any atom is 0.257 e. The topological polar surface area (TPSA) is 90.3 Å². The van der Waals surface area contributed by atoms with Crippen molar-refractivity contribution in [3.63, 3.8) is 0 Å². The highest BCUT2D eigenvalue weighted by Crippen LogP contribution is 2.25. The van der Waals surface area contributed by atoms with Crippen LogP contribution in [0.15, 0.2) is 41.3 Å². The van der Waals surface area contributed by atoms with E-state index in [1.165, 1.54) is 47.8 Å². The Hall–Kier alpha value is -2.11. The molecule has 6 nitrogen and oxygen atoms in total. The number of hydrogen-bond acceptors (Lipinski definition) is 4. The lowest BCUT2D eigenvalue weighted by Crippen LogP contribution is -2.33. The summed E-state index contributed by atoms with van der Waals surface area (Å²) in [7, 11) is -2.30. The summed E-state index contributed by atoms with van der Waals surface area (Å²) in [6.07, 6.45) is 0. The molecule has 2 rings (SSSR count). The monoisotopic (exact) mass is 425 g/mol. The maximum absolute atomic E-state index is 12.6. The second-order valence-corrected chi connectivity index (χ2v) is 8.83. The summed E-state index contributed by atoms with van der Waals surface area (Å²) in [6, 6.07) is 10.0. The molecule has 0 aliphatic heterocycles. The van der Waals surface area contributed by atoms with E-state index in [0.29, 0.717) is 5.69 Å². The van der Waals surface area contributed by atoms with E-state index in [0.717, 1.165) is 0 Å². The van der Waals surface area contributed by atoms with E-state index < -0.39 is 15.9 Å². The lowest BCUT2D eigenvalue weighted by atomic mass is 10.2. The molecule has 0 aliphatic carbocycles. The van der Waals surface area contributed by atoms with Crippen molar-refractivity contribution < 1.29 is 13.2 Å². The number of nitrogens with one attached hydrogen (secondary N) is 1. The second kappa shape index (κ2) is 8.28. The minimum atomic E-state index is -3.76. The molecule has 9 heteroatoms. The summed E-state index contributed by atoms with van der Waals surface area (Å²) in [4.78, 5) is 12.5. The number of nitrogens with zero attached hydrogens (tertiary/aromatic N) is 2. The van der Waals surface area contributed by atoms with E-state index in [4.69, 9.17) is 28.5 Å². The van der Waals surface area contributed by atoms with E-state index in [9.17, 15) is 13.2 Å². The van der Waals surface area contributed by atoms with Crippen LogP contribution in [0.3, 0.4) is 0 Å². The van der Waals surface area contributed by atoms with Gasteiger partial charge < -0.3 is 5.32 Å². The first-order valence-electron chi connectivity index (χ1n) is 7.86. The van der Waals surface area contributed by atoms with Gasteiger partial charge in [0, 0.05) is 18.8 Å². The molecule has 27 heavy (non-hydrogen) atoms. The average Bonchev–Trinajstić information content (AvgIpc) is 2.61. The van der Waals surface area contributed by atoms with Crippen LogP contribution in [0.5, 0.6) is 0 Å². The molecule has 0 radical (unpaired) electrons. The number of carbonyl (C=O) groups excluding carboxylic acids is 1. The first-order valence-corrected chi connectivity index (χ1v) is 10.1. The van der Waals surface area contributed by atoms with Crippen LogP contribution in [0, 0.1) is 11.3 Å². The zero-order valence-electron chi connectivity index (χ0n) is 14.8. The summed E-state index contributed by atoms with van der Waals surface area (Å²) in [5.41, 5.74) is 0.639. The molecule has 2 aromatic rings. The number of anilines is 1. The predicted molar refractivity (Wildman–Crippen MR) is 106 cm³/mol. The number of benzene rings is 2. The number of amides is 1. The van der Waals surface area contributed by atoms with Gasteiger partial charge in [-0.1, -0.05) is 23.2 Å². The van der Waals surface area contributed by atoms with E-state index in [-0.39, 0.29) is 32.1 Å². The number of sulfonamides is 1. The summed E-state index contributed by atoms with van der Waals surface area (Å²) in [6.45, 7) is 3.49. The van der Waals surface area contributed by atoms with Crippen LogP contribution in [-0.2, 0) is 10.0 Å². The molecule has 0 bridgehead atoms. The Morgan fingerprint density at radius 3 is 2.37 bits per heavy atom. The normalized spacial score (nSPS) is 11.5. The third-order valence-electron chi connectivity index (χ3n) is 3.93. The molecule has 0 spiro atoms. The summed E-state index contributed by atoms with van der Waals surface area (Å²) < 4.78 is 26.5. The van der Waals surface area contributed by atoms with Crippen molar-refractivity contribution >= 4 is 44.8 Å². The first-order chi connectivity index (χ1) is 12.6. The van der Waals surface area contributed by atoms with Crippen LogP contribution in [-0.4, -0.2) is 31.7 Å². The molecule has 0 heterocycles. The standard InChI is InChI=1S/C18H17Cl2N3O3S/c1-11(2)23(3)27(25,26)14-6-7-16(19)15(9-14)18(24)22-13-5-4-12(10-21)17(20)8-13/h4-9,11H,1-3H3,(H,22,24). The molecule has 0 saturated carbocycles. The number of rotatable bonds is 5. The predicted octanol–water partition coefficient (Wildman–Crippen LogP) is 4.15. The van der Waals surface area contributed by atoms with E-state index in [1.54, 1.807) is 13.8 Å². The Morgan fingerprint density at radius 1 is 1.15 bits per heavy atom. The molecule has 1 amide bonds. The number of nitriles is 1. The largest absolute Gasteiger partial charge is 0.322 e. The average molecular weight is 426 g/mol. The van der Waals surface area contributed by atoms with E-state index in [2.05, 4.69) is 5.32 Å². The van der Waals surface area contributed by atoms with Gasteiger partial charge in [-0.15, -0.1) is 0 Å². The van der Waals surface area contributed by atoms with Gasteiger partial charge in [-0.3, -0.25) is 4.79 Å². The van der Waals surface area contributed by atoms with Crippen molar-refractivity contribution in [2.45, 2.75) is 24.8 Å². The highest BCUT2D eigenvalue weighted by Gasteiger charge is 2.25. The zero-order chi connectivity index (χ0) is 20.4. The van der Waals surface area contributed by atoms with Crippen molar-refractivity contribution in [1.29, 1.82) is 5.26 Å². The fourth-order valence-electron chi connectivity index (χ4n) is 2.16. The highest BCUT2D eigenvalue weighted by molar-refractivity contribution is 7.89. The van der Waals surface area contributed by atoms with Crippen LogP contribution >= 0.6 is 23.2 Å². The molecule has 1 N–H and O–H groups in total. The molecule has 0 fully saturated rings. The molecule has 0 aliphatic rings. The minimum absolute atomic E-state index is 0.00961. The molecular weight excluding hydrogens is 409 g/mol. The first kappa shape index (κ1) is 21.2. The Balaban J connectivity index is 2.37. The lowest BCUT2D eigenvalue weighted by Gasteiger charge is -2.21. The number of carbonyl (C=O) groups is 1. The van der Waals surface area contributed by atoms with Gasteiger partial charge in [0.25, 0.3) is 5.91 Å². The van der Waals surface area contributed by atoms with Gasteiger partial charge in [-0.05, 0) is 50.2 Å². The summed E-state index contributed by atoms with van der Waals surface area (Å²) >= 11 is 12.0. The van der Waals surface area contributed by atoms with Gasteiger partial charge in [-0.2, -0.15) is 9.57 Å². The molecule has 0 unspecified atom stereocenters. The van der Waals surface area contributed by atoms with Crippen LogP contribution < -0.4 is 5.32 Å². The van der Waals surface area contributed by atoms with Crippen LogP contribution in [0.25, 0.3) is 0 Å². The molecule has 0 aromatic heterocycles. The Kier molecular flexibility index (Phi) is 6.50. The number of halogens is 2. The van der Waals surface area contributed by atoms with Crippen LogP contribution in [0.1, 0.15) is 29.8 Å². The van der Waals surface area contributed by atoms with E-state index in [1.807, 2.05) is 6.07 Å². The second-order valence-electron chi connectivity index (χ2n) is 6.02. The Labute approximate surface area is 168 Å². The van der Waals surface area contributed by atoms with E-state index >= 15 is 0 Å². The minimum Gasteiger partial charge on any atom is -0.322 e. The quantitative estimate of drug-likeness (QED) is 0.778. The number of hydrogen-bond donors (Lipinski definition) is 1. The molecule has 142 valence electrons. The van der Waals surface area contributed by atoms with Gasteiger partial charge in [0.1, 0.15) is 6.07 Å². The van der Waals surface area contributed by atoms with Crippen molar-refractivity contribution in [3.05, 3.63) is 57.6 Å². The molecule has 0 atom stereocenters. The summed E-state index contributed by atoms with van der Waals surface area (Å²) in [5.74, 6) is -0.593. The lowest BCUT2D eigenvalue weighted by molar-refractivity contribution is 0.102. The molecule has 0 saturated heterocycles. The fourth-order valence-corrected chi connectivity index (χ4v) is 3.99. The van der Waals surface area contributed by atoms with Crippen LogP contribution in [0.2, 0.25) is 10.0 Å². The summed E-state index contributed by atoms with van der Waals surface area (Å²) in [5, 5.41) is 11.8. The highest BCUT2D eigenvalue weighted by atomic mass is 35.5. The Morgan fingerprint density at radius 2 is 1.81 bits per heavy atom. The third-order valence-corrected chi connectivity index (χ3v) is 6.61. The van der Waals surface area contributed by atoms with Gasteiger partial charge in [-0.25, -0.2) is 8.42 Å². The van der Waals surface area contributed by atoms with Gasteiger partial charge >= 0.3 is 0 Å². The van der Waals surface area contributed by atoms with Crippen LogP contribution in [0.4, 0.5) is 5.69 Å².